The summed E-state index contributed by atoms with van der Waals surface area (Å²) in [6.07, 6.45) is 1.59. The Morgan fingerprint density at radius 1 is 1.15 bits per heavy atom. The second-order valence-corrected chi connectivity index (χ2v) is 5.89. The highest BCUT2D eigenvalue weighted by Crippen LogP contribution is 2.44. The van der Waals surface area contributed by atoms with Crippen LogP contribution in [0.25, 0.3) is 0 Å². The van der Waals surface area contributed by atoms with Crippen molar-refractivity contribution in [3.8, 4) is 0 Å². The second kappa shape index (κ2) is 4.42. The predicted molar refractivity (Wildman–Crippen MR) is 73.7 cm³/mol. The summed E-state index contributed by atoms with van der Waals surface area (Å²) < 4.78 is 0. The molecular weight excluding hydrogens is 278 g/mol. The third-order valence-electron chi connectivity index (χ3n) is 4.43. The molecule has 0 saturated carbocycles. The maximum atomic E-state index is 12.6. The van der Waals surface area contributed by atoms with E-state index in [1.807, 2.05) is 0 Å². The van der Waals surface area contributed by atoms with Crippen molar-refractivity contribution in [2.24, 2.45) is 0 Å². The number of Topliss-reactive ketones (excluding diaryl/α,β-unsaturated/α-hetero) is 1. The van der Waals surface area contributed by atoms with E-state index < -0.39 is 5.41 Å². The van der Waals surface area contributed by atoms with Crippen molar-refractivity contribution in [2.75, 3.05) is 7.05 Å². The van der Waals surface area contributed by atoms with Gasteiger partial charge >= 0.3 is 0 Å². The first-order valence-corrected chi connectivity index (χ1v) is 6.98. The van der Waals surface area contributed by atoms with Crippen LogP contribution in [0.1, 0.15) is 41.6 Å². The molecule has 4 nitrogen and oxygen atoms in total. The van der Waals surface area contributed by atoms with Gasteiger partial charge in [-0.2, -0.15) is 0 Å². The van der Waals surface area contributed by atoms with Gasteiger partial charge in [-0.25, -0.2) is 0 Å². The van der Waals surface area contributed by atoms with Crippen LogP contribution >= 0.6 is 11.6 Å². The number of amides is 2. The summed E-state index contributed by atoms with van der Waals surface area (Å²) in [6.45, 7) is 0. The molecule has 20 heavy (non-hydrogen) atoms. The van der Waals surface area contributed by atoms with Gasteiger partial charge in [0.15, 0.2) is 5.78 Å². The SMILES string of the molecule is CN1C(=O)CCC2(CCC(=O)c3cc(Cl)ccc32)C1=O. The van der Waals surface area contributed by atoms with Gasteiger partial charge in [0.25, 0.3) is 0 Å². The Kier molecular flexibility index (Phi) is 2.94. The average molecular weight is 292 g/mol. The summed E-state index contributed by atoms with van der Waals surface area (Å²) in [5, 5.41) is 0.488. The van der Waals surface area contributed by atoms with Crippen LogP contribution in [0, 0.1) is 0 Å². The van der Waals surface area contributed by atoms with Gasteiger partial charge in [0, 0.05) is 30.5 Å². The van der Waals surface area contributed by atoms with Crippen molar-refractivity contribution in [1.82, 2.24) is 4.90 Å². The number of hydrogen-bond donors (Lipinski definition) is 0. The molecule has 2 amide bonds. The first kappa shape index (κ1) is 13.3. The number of carbonyl (C=O) groups excluding carboxylic acids is 3. The minimum atomic E-state index is -0.740. The smallest absolute Gasteiger partial charge is 0.239 e. The number of piperidine rings is 1. The van der Waals surface area contributed by atoms with E-state index in [0.29, 0.717) is 36.3 Å². The summed E-state index contributed by atoms with van der Waals surface area (Å²) in [5.41, 5.74) is 0.513. The lowest BCUT2D eigenvalue weighted by atomic mass is 9.65. The Labute approximate surface area is 121 Å². The lowest BCUT2D eigenvalue weighted by Gasteiger charge is -2.42. The number of benzene rings is 1. The molecule has 1 aromatic carbocycles. The minimum absolute atomic E-state index is 0.0143. The van der Waals surface area contributed by atoms with Crippen LogP contribution in [-0.4, -0.2) is 29.5 Å². The number of hydrogen-bond acceptors (Lipinski definition) is 3. The minimum Gasteiger partial charge on any atom is -0.294 e. The summed E-state index contributed by atoms with van der Waals surface area (Å²) in [5.74, 6) is -0.349. The maximum Gasteiger partial charge on any atom is 0.239 e. The zero-order chi connectivity index (χ0) is 14.5. The highest BCUT2D eigenvalue weighted by Gasteiger charge is 2.50. The molecule has 1 fully saturated rings. The lowest BCUT2D eigenvalue weighted by Crippen LogP contribution is -2.54. The van der Waals surface area contributed by atoms with E-state index >= 15 is 0 Å². The third kappa shape index (κ3) is 1.71. The van der Waals surface area contributed by atoms with E-state index in [4.69, 9.17) is 11.6 Å². The van der Waals surface area contributed by atoms with Crippen molar-refractivity contribution < 1.29 is 14.4 Å². The first-order chi connectivity index (χ1) is 9.45. The van der Waals surface area contributed by atoms with Crippen molar-refractivity contribution >= 4 is 29.2 Å². The van der Waals surface area contributed by atoms with Crippen molar-refractivity contribution in [1.29, 1.82) is 0 Å². The zero-order valence-corrected chi connectivity index (χ0v) is 11.9. The van der Waals surface area contributed by atoms with Crippen LogP contribution in [0.3, 0.4) is 0 Å². The third-order valence-corrected chi connectivity index (χ3v) is 4.67. The summed E-state index contributed by atoms with van der Waals surface area (Å²) in [4.78, 5) is 37.6. The number of ketones is 1. The summed E-state index contributed by atoms with van der Waals surface area (Å²) in [7, 11) is 1.51. The van der Waals surface area contributed by atoms with Crippen LogP contribution in [-0.2, 0) is 15.0 Å². The van der Waals surface area contributed by atoms with Gasteiger partial charge in [0.2, 0.25) is 11.8 Å². The van der Waals surface area contributed by atoms with Crippen LogP contribution in [0.2, 0.25) is 5.02 Å². The van der Waals surface area contributed by atoms with E-state index in [0.717, 1.165) is 5.56 Å². The molecule has 1 saturated heterocycles. The molecule has 5 heteroatoms. The molecule has 0 aromatic heterocycles. The van der Waals surface area contributed by atoms with Gasteiger partial charge in [-0.15, -0.1) is 0 Å². The van der Waals surface area contributed by atoms with Crippen molar-refractivity contribution in [3.63, 3.8) is 0 Å². The molecule has 1 spiro atoms. The number of carbonyl (C=O) groups is 3. The fraction of sp³-hybridized carbons (Fsp3) is 0.400. The van der Waals surface area contributed by atoms with E-state index in [1.54, 1.807) is 18.2 Å². The standard InChI is InChI=1S/C15H14ClNO3/c1-17-13(19)5-7-15(14(17)20)6-4-12(18)10-8-9(16)2-3-11(10)15/h2-3,8H,4-7H2,1H3. The highest BCUT2D eigenvalue weighted by molar-refractivity contribution is 6.31. The maximum absolute atomic E-state index is 12.6. The highest BCUT2D eigenvalue weighted by atomic mass is 35.5. The Balaban J connectivity index is 2.17. The molecule has 1 unspecified atom stereocenters. The Morgan fingerprint density at radius 3 is 2.60 bits per heavy atom. The normalized spacial score (nSPS) is 26.1. The lowest BCUT2D eigenvalue weighted by molar-refractivity contribution is -0.152. The summed E-state index contributed by atoms with van der Waals surface area (Å²) >= 11 is 5.96. The Hall–Kier alpha value is -1.68. The number of imide groups is 1. The average Bonchev–Trinajstić information content (AvgIpc) is 2.44. The number of halogens is 1. The van der Waals surface area contributed by atoms with E-state index in [1.165, 1.54) is 11.9 Å². The van der Waals surface area contributed by atoms with E-state index in [9.17, 15) is 14.4 Å². The topological polar surface area (TPSA) is 54.5 Å². The van der Waals surface area contributed by atoms with Crippen LogP contribution < -0.4 is 0 Å². The van der Waals surface area contributed by atoms with Gasteiger partial charge in [0.05, 0.1) is 5.41 Å². The van der Waals surface area contributed by atoms with Crippen LogP contribution in [0.4, 0.5) is 0 Å². The van der Waals surface area contributed by atoms with E-state index in [2.05, 4.69) is 0 Å². The Morgan fingerprint density at radius 2 is 1.85 bits per heavy atom. The predicted octanol–water partition coefficient (Wildman–Crippen LogP) is 2.33. The molecule has 0 bridgehead atoms. The van der Waals surface area contributed by atoms with Crippen LogP contribution in [0.15, 0.2) is 18.2 Å². The van der Waals surface area contributed by atoms with Gasteiger partial charge in [-0.3, -0.25) is 19.3 Å². The molecule has 3 rings (SSSR count). The zero-order valence-electron chi connectivity index (χ0n) is 11.1. The summed E-state index contributed by atoms with van der Waals surface area (Å²) in [6, 6.07) is 5.09. The molecular formula is C15H14ClNO3. The van der Waals surface area contributed by atoms with Crippen molar-refractivity contribution in [3.05, 3.63) is 34.3 Å². The molecule has 1 heterocycles. The molecule has 1 atom stereocenters. The van der Waals surface area contributed by atoms with Gasteiger partial charge in [-0.1, -0.05) is 17.7 Å². The van der Waals surface area contributed by atoms with Crippen LogP contribution in [0.5, 0.6) is 0 Å². The second-order valence-electron chi connectivity index (χ2n) is 5.45. The fourth-order valence-corrected chi connectivity index (χ4v) is 3.44. The Bertz CT molecular complexity index is 640. The molecule has 0 radical (unpaired) electrons. The first-order valence-electron chi connectivity index (χ1n) is 6.60. The number of nitrogens with zero attached hydrogens (tertiary/aromatic N) is 1. The number of likely N-dealkylation sites (tertiary alicyclic amines) is 1. The molecule has 2 aliphatic rings. The van der Waals surface area contributed by atoms with Gasteiger partial charge in [-0.05, 0) is 30.5 Å². The van der Waals surface area contributed by atoms with Gasteiger partial charge < -0.3 is 0 Å². The van der Waals surface area contributed by atoms with E-state index in [-0.39, 0.29) is 17.6 Å². The molecule has 1 aliphatic heterocycles. The molecule has 0 N–H and O–H groups in total. The van der Waals surface area contributed by atoms with Crippen molar-refractivity contribution in [2.45, 2.75) is 31.1 Å². The number of likely N-dealkylation sites (N-methyl/N-ethyl adjacent to an activating group) is 1. The van der Waals surface area contributed by atoms with Gasteiger partial charge in [0.1, 0.15) is 0 Å². The fourth-order valence-electron chi connectivity index (χ4n) is 3.27. The number of rotatable bonds is 0. The number of fused-ring (bicyclic) bond motifs is 2. The monoisotopic (exact) mass is 291 g/mol. The quantitative estimate of drug-likeness (QED) is 0.689. The molecule has 104 valence electrons. The molecule has 1 aromatic rings. The molecule has 1 aliphatic carbocycles. The largest absolute Gasteiger partial charge is 0.294 e.